The molecule has 0 saturated heterocycles. The van der Waals surface area contributed by atoms with Crippen LogP contribution in [0, 0.1) is 11.8 Å². The van der Waals surface area contributed by atoms with Crippen molar-refractivity contribution in [2.24, 2.45) is 11.8 Å². The first-order valence-corrected chi connectivity index (χ1v) is 7.12. The van der Waals surface area contributed by atoms with Gasteiger partial charge in [-0.1, -0.05) is 55.5 Å². The smallest absolute Gasteiger partial charge is 0.314 e. The molecule has 1 aliphatic carbocycles. The Morgan fingerprint density at radius 2 is 1.95 bits per heavy atom. The Kier molecular flexibility index (Phi) is 3.55. The number of allylic oxidation sites excluding steroid dienone is 2. The third-order valence-corrected chi connectivity index (χ3v) is 3.98. The van der Waals surface area contributed by atoms with E-state index in [1.54, 1.807) is 0 Å². The molecule has 0 N–H and O–H groups in total. The standard InChI is InChI=1S/C18H18O2/c1-13-7-2-4-10-15(13)18(19)20-17-12-6-9-14-8-3-5-11-16(14)17/h2-3,5-9,11-13,15H,4,10H2,1H3. The number of rotatable bonds is 2. The lowest BCUT2D eigenvalue weighted by molar-refractivity contribution is -0.140. The fourth-order valence-electron chi connectivity index (χ4n) is 2.78. The van der Waals surface area contributed by atoms with Crippen molar-refractivity contribution in [3.8, 4) is 5.75 Å². The van der Waals surface area contributed by atoms with Crippen LogP contribution < -0.4 is 4.74 Å². The number of benzene rings is 2. The van der Waals surface area contributed by atoms with E-state index in [1.165, 1.54) is 0 Å². The van der Waals surface area contributed by atoms with Crippen LogP contribution in [0.25, 0.3) is 10.8 Å². The molecular weight excluding hydrogens is 248 g/mol. The number of hydrogen-bond donors (Lipinski definition) is 0. The van der Waals surface area contributed by atoms with Crippen molar-refractivity contribution in [1.82, 2.24) is 0 Å². The van der Waals surface area contributed by atoms with E-state index in [2.05, 4.69) is 19.1 Å². The summed E-state index contributed by atoms with van der Waals surface area (Å²) in [5.41, 5.74) is 0. The summed E-state index contributed by atoms with van der Waals surface area (Å²) < 4.78 is 5.66. The molecule has 0 aliphatic heterocycles. The molecule has 0 aromatic heterocycles. The molecule has 0 saturated carbocycles. The molecule has 0 fully saturated rings. The quantitative estimate of drug-likeness (QED) is 0.459. The summed E-state index contributed by atoms with van der Waals surface area (Å²) in [6, 6.07) is 13.8. The van der Waals surface area contributed by atoms with Crippen LogP contribution >= 0.6 is 0 Å². The van der Waals surface area contributed by atoms with Crippen LogP contribution in [0.15, 0.2) is 54.6 Å². The molecule has 0 heterocycles. The minimum Gasteiger partial charge on any atom is -0.426 e. The number of carbonyl (C=O) groups excluding carboxylic acids is 1. The third-order valence-electron chi connectivity index (χ3n) is 3.98. The predicted molar refractivity (Wildman–Crippen MR) is 80.6 cm³/mol. The molecule has 2 unspecified atom stereocenters. The van der Waals surface area contributed by atoms with Crippen LogP contribution in [-0.4, -0.2) is 5.97 Å². The van der Waals surface area contributed by atoms with Crippen molar-refractivity contribution in [1.29, 1.82) is 0 Å². The van der Waals surface area contributed by atoms with Crippen molar-refractivity contribution < 1.29 is 9.53 Å². The molecule has 20 heavy (non-hydrogen) atoms. The van der Waals surface area contributed by atoms with Crippen LogP contribution in [0.1, 0.15) is 19.8 Å². The zero-order valence-corrected chi connectivity index (χ0v) is 11.6. The SMILES string of the molecule is CC1C=CCCC1C(=O)Oc1cccc2ccccc12. The Balaban J connectivity index is 1.86. The van der Waals surface area contributed by atoms with Crippen molar-refractivity contribution in [3.63, 3.8) is 0 Å². The van der Waals surface area contributed by atoms with Crippen molar-refractivity contribution in [3.05, 3.63) is 54.6 Å². The van der Waals surface area contributed by atoms with Gasteiger partial charge >= 0.3 is 5.97 Å². The Hall–Kier alpha value is -2.09. The number of esters is 1. The largest absolute Gasteiger partial charge is 0.426 e. The van der Waals surface area contributed by atoms with Gasteiger partial charge in [0.25, 0.3) is 0 Å². The van der Waals surface area contributed by atoms with Crippen molar-refractivity contribution >= 4 is 16.7 Å². The lowest BCUT2D eigenvalue weighted by atomic mass is 9.85. The van der Waals surface area contributed by atoms with Crippen molar-refractivity contribution in [2.75, 3.05) is 0 Å². The zero-order valence-electron chi connectivity index (χ0n) is 11.6. The maximum Gasteiger partial charge on any atom is 0.314 e. The molecule has 102 valence electrons. The van der Waals surface area contributed by atoms with Gasteiger partial charge in [0.2, 0.25) is 0 Å². The van der Waals surface area contributed by atoms with Gasteiger partial charge in [-0.15, -0.1) is 0 Å². The maximum absolute atomic E-state index is 12.4. The highest BCUT2D eigenvalue weighted by atomic mass is 16.5. The lowest BCUT2D eigenvalue weighted by Gasteiger charge is -2.22. The van der Waals surface area contributed by atoms with Gasteiger partial charge in [-0.05, 0) is 30.2 Å². The number of carbonyl (C=O) groups is 1. The Labute approximate surface area is 119 Å². The summed E-state index contributed by atoms with van der Waals surface area (Å²) >= 11 is 0. The summed E-state index contributed by atoms with van der Waals surface area (Å²) in [5.74, 6) is 0.776. The second-order valence-corrected chi connectivity index (χ2v) is 5.37. The second kappa shape index (κ2) is 5.49. The molecule has 0 amide bonds. The van der Waals surface area contributed by atoms with Gasteiger partial charge in [-0.25, -0.2) is 0 Å². The molecule has 0 radical (unpaired) electrons. The molecule has 3 rings (SSSR count). The monoisotopic (exact) mass is 266 g/mol. The van der Waals surface area contributed by atoms with Gasteiger partial charge in [0.15, 0.2) is 0 Å². The fourth-order valence-corrected chi connectivity index (χ4v) is 2.78. The van der Waals surface area contributed by atoms with Gasteiger partial charge in [0.1, 0.15) is 5.75 Å². The molecule has 2 aromatic rings. The Morgan fingerprint density at radius 1 is 1.15 bits per heavy atom. The molecule has 2 atom stereocenters. The van der Waals surface area contributed by atoms with E-state index in [1.807, 2.05) is 42.5 Å². The summed E-state index contributed by atoms with van der Waals surface area (Å²) in [4.78, 5) is 12.4. The summed E-state index contributed by atoms with van der Waals surface area (Å²) in [7, 11) is 0. The molecule has 2 nitrogen and oxygen atoms in total. The van der Waals surface area contributed by atoms with E-state index < -0.39 is 0 Å². The van der Waals surface area contributed by atoms with E-state index in [-0.39, 0.29) is 17.8 Å². The summed E-state index contributed by atoms with van der Waals surface area (Å²) in [5, 5.41) is 2.08. The molecule has 1 aliphatic rings. The number of fused-ring (bicyclic) bond motifs is 1. The van der Waals surface area contributed by atoms with Crippen LogP contribution in [0.5, 0.6) is 5.75 Å². The van der Waals surface area contributed by atoms with Crippen LogP contribution in [0.4, 0.5) is 0 Å². The van der Waals surface area contributed by atoms with E-state index in [0.717, 1.165) is 23.6 Å². The maximum atomic E-state index is 12.4. The lowest BCUT2D eigenvalue weighted by Crippen LogP contribution is -2.27. The normalized spacial score (nSPS) is 21.9. The average molecular weight is 266 g/mol. The Bertz CT molecular complexity index is 652. The highest BCUT2D eigenvalue weighted by Crippen LogP contribution is 2.29. The minimum absolute atomic E-state index is 0.0287. The van der Waals surface area contributed by atoms with Gasteiger partial charge in [-0.2, -0.15) is 0 Å². The molecule has 0 spiro atoms. The summed E-state index contributed by atoms with van der Waals surface area (Å²) in [6.45, 7) is 2.07. The predicted octanol–water partition coefficient (Wildman–Crippen LogP) is 4.35. The first-order chi connectivity index (χ1) is 9.75. The summed E-state index contributed by atoms with van der Waals surface area (Å²) in [6.07, 6.45) is 6.09. The minimum atomic E-state index is -0.113. The third kappa shape index (κ3) is 2.46. The molecule has 2 heteroatoms. The fraction of sp³-hybridized carbons (Fsp3) is 0.278. The van der Waals surface area contributed by atoms with Gasteiger partial charge in [0.05, 0.1) is 5.92 Å². The van der Waals surface area contributed by atoms with Crippen molar-refractivity contribution in [2.45, 2.75) is 19.8 Å². The zero-order chi connectivity index (χ0) is 13.9. The van der Waals surface area contributed by atoms with E-state index in [9.17, 15) is 4.79 Å². The highest BCUT2D eigenvalue weighted by Gasteiger charge is 2.27. The number of ether oxygens (including phenoxy) is 1. The first-order valence-electron chi connectivity index (χ1n) is 7.12. The molecule has 2 aromatic carbocycles. The van der Waals surface area contributed by atoms with Crippen LogP contribution in [0.3, 0.4) is 0 Å². The number of hydrogen-bond acceptors (Lipinski definition) is 2. The van der Waals surface area contributed by atoms with E-state index >= 15 is 0 Å². The highest BCUT2D eigenvalue weighted by molar-refractivity contribution is 5.90. The van der Waals surface area contributed by atoms with E-state index in [0.29, 0.717) is 5.75 Å². The van der Waals surface area contributed by atoms with Gasteiger partial charge < -0.3 is 4.74 Å². The topological polar surface area (TPSA) is 26.3 Å². The van der Waals surface area contributed by atoms with Crippen LogP contribution in [0.2, 0.25) is 0 Å². The van der Waals surface area contributed by atoms with Gasteiger partial charge in [-0.3, -0.25) is 4.79 Å². The second-order valence-electron chi connectivity index (χ2n) is 5.37. The average Bonchev–Trinajstić information content (AvgIpc) is 2.48. The first kappa shape index (κ1) is 12.9. The Morgan fingerprint density at radius 3 is 2.80 bits per heavy atom. The van der Waals surface area contributed by atoms with Crippen LogP contribution in [-0.2, 0) is 4.79 Å². The van der Waals surface area contributed by atoms with E-state index in [4.69, 9.17) is 4.74 Å². The molecule has 0 bridgehead atoms. The molecular formula is C18H18O2. The van der Waals surface area contributed by atoms with Gasteiger partial charge in [0, 0.05) is 5.39 Å².